The lowest BCUT2D eigenvalue weighted by Crippen LogP contribution is -1.93. The predicted molar refractivity (Wildman–Crippen MR) is 78.7 cm³/mol. The maximum Gasteiger partial charge on any atom is 0.150 e. The Hall–Kier alpha value is -1.35. The molecule has 0 aliphatic rings. The molecule has 0 amide bonds. The highest BCUT2D eigenvalue weighted by atomic mass is 32.2. The average molecular weight is 292 g/mol. The average Bonchev–Trinajstić information content (AvgIpc) is 2.81. The lowest BCUT2D eigenvalue weighted by molar-refractivity contribution is 0.617. The molecule has 0 spiro atoms. The SMILES string of the molecule is Cc1csc(SCc2ccc(C#CCN)cc2F)n1. The van der Waals surface area contributed by atoms with E-state index in [2.05, 4.69) is 16.8 Å². The van der Waals surface area contributed by atoms with E-state index in [1.165, 1.54) is 6.07 Å². The maximum absolute atomic E-state index is 13.9. The van der Waals surface area contributed by atoms with Gasteiger partial charge < -0.3 is 5.73 Å². The summed E-state index contributed by atoms with van der Waals surface area (Å²) in [5.74, 6) is 5.87. The van der Waals surface area contributed by atoms with Gasteiger partial charge in [0.15, 0.2) is 0 Å². The number of aromatic nitrogens is 1. The zero-order valence-corrected chi connectivity index (χ0v) is 12.1. The van der Waals surface area contributed by atoms with Gasteiger partial charge in [-0.25, -0.2) is 9.37 Å². The predicted octanol–water partition coefficient (Wildman–Crippen LogP) is 3.19. The first-order chi connectivity index (χ1) is 9.19. The van der Waals surface area contributed by atoms with Crippen molar-refractivity contribution in [3.63, 3.8) is 0 Å². The third-order valence-electron chi connectivity index (χ3n) is 2.34. The van der Waals surface area contributed by atoms with Gasteiger partial charge in [0.1, 0.15) is 10.2 Å². The van der Waals surface area contributed by atoms with Crippen LogP contribution in [0.25, 0.3) is 0 Å². The van der Waals surface area contributed by atoms with Gasteiger partial charge in [0, 0.05) is 22.4 Å². The third kappa shape index (κ3) is 4.06. The van der Waals surface area contributed by atoms with Crippen LogP contribution in [0.15, 0.2) is 27.9 Å². The minimum atomic E-state index is -0.232. The Balaban J connectivity index is 2.05. The molecule has 2 nitrogen and oxygen atoms in total. The van der Waals surface area contributed by atoms with Crippen molar-refractivity contribution in [3.8, 4) is 11.8 Å². The highest BCUT2D eigenvalue weighted by molar-refractivity contribution is 8.00. The summed E-state index contributed by atoms with van der Waals surface area (Å²) in [6.45, 7) is 2.23. The zero-order chi connectivity index (χ0) is 13.7. The van der Waals surface area contributed by atoms with E-state index in [0.717, 1.165) is 10.0 Å². The smallest absolute Gasteiger partial charge is 0.150 e. The van der Waals surface area contributed by atoms with E-state index >= 15 is 0 Å². The number of nitrogens with zero attached hydrogens (tertiary/aromatic N) is 1. The van der Waals surface area contributed by atoms with Gasteiger partial charge in [-0.3, -0.25) is 0 Å². The number of rotatable bonds is 3. The topological polar surface area (TPSA) is 38.9 Å². The molecule has 19 heavy (non-hydrogen) atoms. The van der Waals surface area contributed by atoms with E-state index in [4.69, 9.17) is 5.73 Å². The molecule has 5 heteroatoms. The summed E-state index contributed by atoms with van der Waals surface area (Å²) in [5.41, 5.74) is 7.60. The largest absolute Gasteiger partial charge is 0.320 e. The van der Waals surface area contributed by atoms with E-state index in [1.54, 1.807) is 29.2 Å². The van der Waals surface area contributed by atoms with E-state index in [9.17, 15) is 4.39 Å². The first-order valence-electron chi connectivity index (χ1n) is 5.71. The number of thioether (sulfide) groups is 1. The van der Waals surface area contributed by atoms with Crippen LogP contribution in [0.5, 0.6) is 0 Å². The second kappa shape index (κ2) is 6.71. The molecule has 1 aromatic carbocycles. The fraction of sp³-hybridized carbons (Fsp3) is 0.214. The Bertz CT molecular complexity index is 626. The van der Waals surface area contributed by atoms with Crippen LogP contribution in [0, 0.1) is 24.6 Å². The van der Waals surface area contributed by atoms with Gasteiger partial charge in [-0.05, 0) is 24.6 Å². The molecule has 0 bridgehead atoms. The summed E-state index contributed by atoms with van der Waals surface area (Å²) in [4.78, 5) is 4.34. The maximum atomic E-state index is 13.9. The molecule has 0 fully saturated rings. The molecule has 2 rings (SSSR count). The molecule has 98 valence electrons. The Morgan fingerprint density at radius 3 is 2.95 bits per heavy atom. The number of hydrogen-bond acceptors (Lipinski definition) is 4. The first kappa shape index (κ1) is 14.1. The summed E-state index contributed by atoms with van der Waals surface area (Å²) in [7, 11) is 0. The summed E-state index contributed by atoms with van der Waals surface area (Å²) < 4.78 is 14.8. The Morgan fingerprint density at radius 2 is 2.32 bits per heavy atom. The van der Waals surface area contributed by atoms with Crippen molar-refractivity contribution < 1.29 is 4.39 Å². The third-order valence-corrected chi connectivity index (χ3v) is 4.52. The molecule has 0 aliphatic carbocycles. The number of aryl methyl sites for hydroxylation is 1. The normalized spacial score (nSPS) is 10.1. The highest BCUT2D eigenvalue weighted by Crippen LogP contribution is 2.27. The van der Waals surface area contributed by atoms with Crippen molar-refractivity contribution in [3.05, 3.63) is 46.2 Å². The lowest BCUT2D eigenvalue weighted by atomic mass is 10.1. The Labute approximate surface area is 120 Å². The van der Waals surface area contributed by atoms with Gasteiger partial charge in [-0.15, -0.1) is 11.3 Å². The molecule has 0 aliphatic heterocycles. The lowest BCUT2D eigenvalue weighted by Gasteiger charge is -2.02. The molecular weight excluding hydrogens is 279 g/mol. The van der Waals surface area contributed by atoms with Gasteiger partial charge in [-0.2, -0.15) is 0 Å². The van der Waals surface area contributed by atoms with Gasteiger partial charge >= 0.3 is 0 Å². The standard InChI is InChI=1S/C14H13FN2S2/c1-10-8-18-14(17-10)19-9-12-5-4-11(3-2-6-16)7-13(12)15/h4-5,7-8H,6,9,16H2,1H3. The number of halogens is 1. The van der Waals surface area contributed by atoms with Crippen LogP contribution in [-0.4, -0.2) is 11.5 Å². The number of benzene rings is 1. The molecule has 0 radical (unpaired) electrons. The van der Waals surface area contributed by atoms with Crippen LogP contribution in [0.3, 0.4) is 0 Å². The van der Waals surface area contributed by atoms with Crippen molar-refractivity contribution in [2.24, 2.45) is 5.73 Å². The molecule has 2 aromatic rings. The van der Waals surface area contributed by atoms with Crippen LogP contribution in [0.1, 0.15) is 16.8 Å². The molecule has 1 heterocycles. The number of hydrogen-bond donors (Lipinski definition) is 1. The second-order valence-electron chi connectivity index (χ2n) is 3.86. The van der Waals surface area contributed by atoms with Crippen molar-refractivity contribution >= 4 is 23.1 Å². The zero-order valence-electron chi connectivity index (χ0n) is 10.4. The van der Waals surface area contributed by atoms with Gasteiger partial charge in [0.2, 0.25) is 0 Å². The molecular formula is C14H13FN2S2. The van der Waals surface area contributed by atoms with Gasteiger partial charge in [0.05, 0.1) is 6.54 Å². The quantitative estimate of drug-likeness (QED) is 0.697. The molecule has 2 N–H and O–H groups in total. The summed E-state index contributed by atoms with van der Waals surface area (Å²) in [6, 6.07) is 5.03. The summed E-state index contributed by atoms with van der Waals surface area (Å²) >= 11 is 3.13. The monoisotopic (exact) mass is 292 g/mol. The van der Waals surface area contributed by atoms with E-state index in [-0.39, 0.29) is 12.4 Å². The summed E-state index contributed by atoms with van der Waals surface area (Å²) in [5, 5.41) is 1.99. The first-order valence-corrected chi connectivity index (χ1v) is 7.58. The van der Waals surface area contributed by atoms with Crippen LogP contribution in [-0.2, 0) is 5.75 Å². The minimum Gasteiger partial charge on any atom is -0.320 e. The Kier molecular flexibility index (Phi) is 4.97. The second-order valence-corrected chi connectivity index (χ2v) is 5.94. The molecule has 0 saturated heterocycles. The van der Waals surface area contributed by atoms with Crippen molar-refractivity contribution in [2.75, 3.05) is 6.54 Å². The van der Waals surface area contributed by atoms with Crippen molar-refractivity contribution in [1.82, 2.24) is 4.98 Å². The van der Waals surface area contributed by atoms with Gasteiger partial charge in [0.25, 0.3) is 0 Å². The molecule has 0 saturated carbocycles. The van der Waals surface area contributed by atoms with E-state index in [1.807, 2.05) is 18.4 Å². The van der Waals surface area contributed by atoms with Crippen molar-refractivity contribution in [2.45, 2.75) is 17.0 Å². The van der Waals surface area contributed by atoms with E-state index in [0.29, 0.717) is 16.9 Å². The molecule has 0 atom stereocenters. The van der Waals surface area contributed by atoms with Crippen molar-refractivity contribution in [1.29, 1.82) is 0 Å². The number of thiazole rings is 1. The van der Waals surface area contributed by atoms with Gasteiger partial charge in [-0.1, -0.05) is 29.7 Å². The fourth-order valence-corrected chi connectivity index (χ4v) is 3.27. The van der Waals surface area contributed by atoms with Crippen LogP contribution >= 0.6 is 23.1 Å². The Morgan fingerprint density at radius 1 is 1.47 bits per heavy atom. The van der Waals surface area contributed by atoms with Crippen LogP contribution in [0.2, 0.25) is 0 Å². The molecule has 0 unspecified atom stereocenters. The van der Waals surface area contributed by atoms with E-state index < -0.39 is 0 Å². The van der Waals surface area contributed by atoms with Crippen LogP contribution in [0.4, 0.5) is 4.39 Å². The van der Waals surface area contributed by atoms with Crippen LogP contribution < -0.4 is 5.73 Å². The summed E-state index contributed by atoms with van der Waals surface area (Å²) in [6.07, 6.45) is 0. The fourth-order valence-electron chi connectivity index (χ4n) is 1.43. The highest BCUT2D eigenvalue weighted by Gasteiger charge is 2.05. The minimum absolute atomic E-state index is 0.232. The number of nitrogens with two attached hydrogens (primary N) is 1. The molecule has 1 aromatic heterocycles.